The summed E-state index contributed by atoms with van der Waals surface area (Å²) < 4.78 is 15.6. The summed E-state index contributed by atoms with van der Waals surface area (Å²) in [4.78, 5) is 4.23. The second kappa shape index (κ2) is 6.75. The van der Waals surface area contributed by atoms with Gasteiger partial charge in [-0.3, -0.25) is 0 Å². The van der Waals surface area contributed by atoms with Gasteiger partial charge in [0.25, 0.3) is 5.89 Å². The van der Waals surface area contributed by atoms with Crippen LogP contribution in [0.2, 0.25) is 0 Å². The van der Waals surface area contributed by atoms with Crippen molar-refractivity contribution in [2.45, 2.75) is 19.4 Å². The lowest BCUT2D eigenvalue weighted by atomic mass is 10.3. The lowest BCUT2D eigenvalue weighted by Gasteiger charge is -2.05. The molecule has 0 unspecified atom stereocenters. The van der Waals surface area contributed by atoms with Crippen LogP contribution in [-0.2, 0) is 17.8 Å². The van der Waals surface area contributed by atoms with E-state index in [1.165, 1.54) is 0 Å². The van der Waals surface area contributed by atoms with E-state index in [4.69, 9.17) is 19.7 Å². The Kier molecular flexibility index (Phi) is 4.74. The first kappa shape index (κ1) is 13.4. The van der Waals surface area contributed by atoms with E-state index in [0.717, 1.165) is 12.8 Å². The third-order valence-corrected chi connectivity index (χ3v) is 2.53. The molecule has 0 fully saturated rings. The maximum atomic E-state index is 5.77. The van der Waals surface area contributed by atoms with Gasteiger partial charge in [-0.2, -0.15) is 4.98 Å². The first-order chi connectivity index (χ1) is 9.29. The maximum absolute atomic E-state index is 5.77. The van der Waals surface area contributed by atoms with Crippen molar-refractivity contribution in [1.82, 2.24) is 10.1 Å². The fourth-order valence-corrected chi connectivity index (χ4v) is 1.58. The zero-order valence-corrected chi connectivity index (χ0v) is 10.8. The Morgan fingerprint density at radius 3 is 2.95 bits per heavy atom. The van der Waals surface area contributed by atoms with Gasteiger partial charge in [-0.15, -0.1) is 0 Å². The number of methoxy groups -OCH3 is 1. The van der Waals surface area contributed by atoms with E-state index in [2.05, 4.69) is 10.1 Å². The Morgan fingerprint density at radius 2 is 2.16 bits per heavy atom. The summed E-state index contributed by atoms with van der Waals surface area (Å²) in [5.41, 5.74) is 6.35. The minimum atomic E-state index is 0.214. The van der Waals surface area contributed by atoms with E-state index in [-0.39, 0.29) is 6.61 Å². The van der Waals surface area contributed by atoms with Crippen LogP contribution in [0, 0.1) is 0 Å². The molecule has 1 heterocycles. The van der Waals surface area contributed by atoms with Crippen LogP contribution in [0.15, 0.2) is 28.8 Å². The predicted octanol–water partition coefficient (Wildman–Crippen LogP) is 1.81. The van der Waals surface area contributed by atoms with Crippen LogP contribution in [0.5, 0.6) is 5.75 Å². The summed E-state index contributed by atoms with van der Waals surface area (Å²) in [5, 5.41) is 3.87. The van der Waals surface area contributed by atoms with Gasteiger partial charge >= 0.3 is 0 Å². The van der Waals surface area contributed by atoms with Gasteiger partial charge in [0.05, 0.1) is 5.69 Å². The van der Waals surface area contributed by atoms with Crippen LogP contribution in [0.25, 0.3) is 0 Å². The zero-order valence-electron chi connectivity index (χ0n) is 10.8. The molecular weight excluding hydrogens is 246 g/mol. The molecule has 2 aromatic rings. The van der Waals surface area contributed by atoms with Gasteiger partial charge in [-0.1, -0.05) is 17.3 Å². The summed E-state index contributed by atoms with van der Waals surface area (Å²) in [6, 6.07) is 7.28. The number of ether oxygens (including phenoxy) is 2. The lowest BCUT2D eigenvalue weighted by molar-refractivity contribution is 0.194. The first-order valence-corrected chi connectivity index (χ1v) is 6.07. The molecular formula is C13H17N3O3. The molecule has 0 spiro atoms. The molecule has 0 saturated heterocycles. The fourth-order valence-electron chi connectivity index (χ4n) is 1.58. The van der Waals surface area contributed by atoms with Gasteiger partial charge < -0.3 is 19.7 Å². The molecule has 1 aromatic carbocycles. The molecule has 2 rings (SSSR count). The molecule has 102 valence electrons. The van der Waals surface area contributed by atoms with Gasteiger partial charge in [0.2, 0.25) is 0 Å². The molecule has 0 aliphatic rings. The second-order valence-electron chi connectivity index (χ2n) is 4.03. The molecule has 0 aliphatic heterocycles. The molecule has 0 aliphatic carbocycles. The van der Waals surface area contributed by atoms with Gasteiger partial charge in [-0.05, 0) is 18.6 Å². The number of hydrogen-bond donors (Lipinski definition) is 1. The summed E-state index contributed by atoms with van der Waals surface area (Å²) in [6.45, 7) is 0.895. The van der Waals surface area contributed by atoms with Crippen molar-refractivity contribution in [3.8, 4) is 5.75 Å². The van der Waals surface area contributed by atoms with Gasteiger partial charge in [0.1, 0.15) is 5.75 Å². The van der Waals surface area contributed by atoms with Crippen molar-refractivity contribution < 1.29 is 14.0 Å². The zero-order chi connectivity index (χ0) is 13.5. The number of anilines is 1. The molecule has 0 saturated carbocycles. The Bertz CT molecular complexity index is 513. The van der Waals surface area contributed by atoms with Gasteiger partial charge in [-0.25, -0.2) is 0 Å². The standard InChI is InChI=1S/C13H17N3O3/c1-17-8-4-7-12-15-13(19-16-12)9-18-11-6-3-2-5-10(11)14/h2-3,5-6H,4,7-9,14H2,1H3. The quantitative estimate of drug-likeness (QED) is 0.606. The van der Waals surface area contributed by atoms with E-state index in [9.17, 15) is 0 Å². The third kappa shape index (κ3) is 3.96. The number of nitrogen functional groups attached to an aromatic ring is 1. The van der Waals surface area contributed by atoms with Gasteiger partial charge in [0, 0.05) is 20.1 Å². The van der Waals surface area contributed by atoms with E-state index < -0.39 is 0 Å². The van der Waals surface area contributed by atoms with E-state index in [1.54, 1.807) is 19.2 Å². The molecule has 1 aromatic heterocycles. The van der Waals surface area contributed by atoms with E-state index >= 15 is 0 Å². The van der Waals surface area contributed by atoms with Crippen LogP contribution >= 0.6 is 0 Å². The smallest absolute Gasteiger partial charge is 0.264 e. The minimum Gasteiger partial charge on any atom is -0.482 e. The Morgan fingerprint density at radius 1 is 1.32 bits per heavy atom. The average molecular weight is 263 g/mol. The Hall–Kier alpha value is -2.08. The van der Waals surface area contributed by atoms with E-state index in [1.807, 2.05) is 12.1 Å². The predicted molar refractivity (Wildman–Crippen MR) is 69.7 cm³/mol. The third-order valence-electron chi connectivity index (χ3n) is 2.53. The van der Waals surface area contributed by atoms with Crippen molar-refractivity contribution in [3.63, 3.8) is 0 Å². The van der Waals surface area contributed by atoms with E-state index in [0.29, 0.717) is 29.8 Å². The number of benzene rings is 1. The second-order valence-corrected chi connectivity index (χ2v) is 4.03. The number of aromatic nitrogens is 2. The highest BCUT2D eigenvalue weighted by Crippen LogP contribution is 2.20. The highest BCUT2D eigenvalue weighted by molar-refractivity contribution is 5.51. The van der Waals surface area contributed by atoms with Gasteiger partial charge in [0.15, 0.2) is 12.4 Å². The molecule has 0 bridgehead atoms. The SMILES string of the molecule is COCCCc1noc(COc2ccccc2N)n1. The Labute approximate surface area is 111 Å². The molecule has 6 nitrogen and oxygen atoms in total. The van der Waals surface area contributed by atoms with Crippen LogP contribution in [0.3, 0.4) is 0 Å². The summed E-state index contributed by atoms with van der Waals surface area (Å²) in [6.07, 6.45) is 1.59. The van der Waals surface area contributed by atoms with Crippen LogP contribution in [-0.4, -0.2) is 23.9 Å². The van der Waals surface area contributed by atoms with Crippen molar-refractivity contribution in [2.75, 3.05) is 19.5 Å². The number of hydrogen-bond acceptors (Lipinski definition) is 6. The topological polar surface area (TPSA) is 83.4 Å². The highest BCUT2D eigenvalue weighted by Gasteiger charge is 2.07. The molecule has 6 heteroatoms. The van der Waals surface area contributed by atoms with Crippen molar-refractivity contribution >= 4 is 5.69 Å². The largest absolute Gasteiger partial charge is 0.482 e. The van der Waals surface area contributed by atoms with Crippen LogP contribution in [0.4, 0.5) is 5.69 Å². The minimum absolute atomic E-state index is 0.214. The molecule has 2 N–H and O–H groups in total. The maximum Gasteiger partial charge on any atom is 0.264 e. The molecule has 0 amide bonds. The number of aryl methyl sites for hydroxylation is 1. The monoisotopic (exact) mass is 263 g/mol. The van der Waals surface area contributed by atoms with Crippen LogP contribution < -0.4 is 10.5 Å². The fraction of sp³-hybridized carbons (Fsp3) is 0.385. The number of nitrogens with zero attached hydrogens (tertiary/aromatic N) is 2. The summed E-state index contributed by atoms with van der Waals surface area (Å²) >= 11 is 0. The summed E-state index contributed by atoms with van der Waals surface area (Å²) in [7, 11) is 1.67. The number of nitrogens with two attached hydrogens (primary N) is 1. The first-order valence-electron chi connectivity index (χ1n) is 6.07. The Balaban J connectivity index is 1.85. The molecule has 0 atom stereocenters. The number of rotatable bonds is 7. The molecule has 19 heavy (non-hydrogen) atoms. The summed E-state index contributed by atoms with van der Waals surface area (Å²) in [5.74, 6) is 1.72. The average Bonchev–Trinajstić information content (AvgIpc) is 2.86. The van der Waals surface area contributed by atoms with Crippen molar-refractivity contribution in [2.24, 2.45) is 0 Å². The van der Waals surface area contributed by atoms with Crippen molar-refractivity contribution in [1.29, 1.82) is 0 Å². The van der Waals surface area contributed by atoms with Crippen molar-refractivity contribution in [3.05, 3.63) is 36.0 Å². The highest BCUT2D eigenvalue weighted by atomic mass is 16.5. The lowest BCUT2D eigenvalue weighted by Crippen LogP contribution is -1.99. The number of para-hydroxylation sites is 2. The van der Waals surface area contributed by atoms with Crippen LogP contribution in [0.1, 0.15) is 18.1 Å². The molecule has 0 radical (unpaired) electrons. The normalized spacial score (nSPS) is 10.6.